The van der Waals surface area contributed by atoms with Gasteiger partial charge in [0.15, 0.2) is 0 Å². The Balaban J connectivity index is -0.0000000846. The molecular weight excluding hydrogens is 1160 g/mol. The maximum Gasteiger partial charge on any atom is 0.137 e. The zero-order valence-corrected chi connectivity index (χ0v) is 65.3. The Hall–Kier alpha value is -8.37. The van der Waals surface area contributed by atoms with E-state index in [1.807, 2.05) is 346 Å². The molecule has 0 radical (unpaired) electrons. The van der Waals surface area contributed by atoms with E-state index in [-0.39, 0.29) is 0 Å². The summed E-state index contributed by atoms with van der Waals surface area (Å²) < 4.78 is 13.9. The van der Waals surface area contributed by atoms with Gasteiger partial charge in [0.25, 0.3) is 0 Å². The highest BCUT2D eigenvalue weighted by atomic mass is 32.1. The molecule has 15 nitrogen and oxygen atoms in total. The van der Waals surface area contributed by atoms with Crippen LogP contribution in [0.15, 0.2) is 231 Å². The van der Waals surface area contributed by atoms with Gasteiger partial charge in [-0.1, -0.05) is 206 Å². The normalized spacial score (nSPS) is 7.40. The van der Waals surface area contributed by atoms with Gasteiger partial charge in [0.2, 0.25) is 0 Å². The first-order chi connectivity index (χ1) is 44.8. The molecule has 1 aromatic carbocycles. The minimum Gasteiger partial charge on any atom is -0.470 e. The Morgan fingerprint density at radius 3 is 1.02 bits per heavy atom. The first kappa shape index (κ1) is 108. The predicted molar refractivity (Wildman–Crippen MR) is 409 cm³/mol. The van der Waals surface area contributed by atoms with Crippen molar-refractivity contribution in [1.82, 2.24) is 68.4 Å². The number of benzene rings is 1. The van der Waals surface area contributed by atoms with Gasteiger partial charge in [-0.3, -0.25) is 24.3 Å². The van der Waals surface area contributed by atoms with E-state index in [0.29, 0.717) is 0 Å². The third kappa shape index (κ3) is 101. The molecular formula is C76H136N14OS. The van der Waals surface area contributed by atoms with Gasteiger partial charge in [-0.2, -0.15) is 10.2 Å². The van der Waals surface area contributed by atoms with E-state index in [1.165, 1.54) is 27.9 Å². The molecule has 11 rings (SSSR count). The number of thiophene rings is 1. The first-order valence-electron chi connectivity index (χ1n) is 33.0. The van der Waals surface area contributed by atoms with Crippen molar-refractivity contribution in [2.45, 2.75) is 194 Å². The van der Waals surface area contributed by atoms with Gasteiger partial charge in [-0.25, -0.2) is 9.97 Å². The number of pyridine rings is 3. The van der Waals surface area contributed by atoms with Crippen LogP contribution < -0.4 is 0 Å². The minimum atomic E-state index is 0.968. The molecule has 522 valence electrons. The van der Waals surface area contributed by atoms with Crippen LogP contribution in [0.1, 0.15) is 185 Å². The lowest BCUT2D eigenvalue weighted by Gasteiger charge is -1.82. The van der Waals surface area contributed by atoms with Gasteiger partial charge in [0.1, 0.15) is 31.1 Å². The highest BCUT2D eigenvalue weighted by molar-refractivity contribution is 7.09. The van der Waals surface area contributed by atoms with Gasteiger partial charge < -0.3 is 18.1 Å². The highest BCUT2D eigenvalue weighted by Gasteiger charge is 1.78. The van der Waals surface area contributed by atoms with Crippen molar-refractivity contribution in [3.63, 3.8) is 0 Å². The maximum absolute atomic E-state index is 4.83. The van der Waals surface area contributed by atoms with E-state index in [9.17, 15) is 0 Å². The van der Waals surface area contributed by atoms with Crippen LogP contribution >= 0.6 is 11.3 Å². The van der Waals surface area contributed by atoms with Crippen LogP contribution in [0, 0.1) is 41.5 Å². The van der Waals surface area contributed by atoms with E-state index in [2.05, 4.69) is 88.8 Å². The second kappa shape index (κ2) is 104. The number of hydrogen-bond donors (Lipinski definition) is 0. The molecule has 0 aliphatic carbocycles. The van der Waals surface area contributed by atoms with Gasteiger partial charge in [0.05, 0.1) is 12.6 Å². The van der Waals surface area contributed by atoms with E-state index < -0.39 is 0 Å². The molecule has 0 aliphatic rings. The molecule has 16 heteroatoms. The van der Waals surface area contributed by atoms with Gasteiger partial charge in [-0.15, -0.1) is 21.5 Å². The maximum atomic E-state index is 4.83. The number of nitrogens with zero attached hydrogens (tertiary/aromatic N) is 14. The van der Waals surface area contributed by atoms with Crippen molar-refractivity contribution in [2.24, 2.45) is 35.2 Å². The quantitative estimate of drug-likeness (QED) is 0.143. The molecule has 0 aliphatic heterocycles. The molecule has 0 fully saturated rings. The number of furan rings is 1. The largest absolute Gasteiger partial charge is 0.470 e. The molecule has 0 saturated heterocycles. The first-order valence-corrected chi connectivity index (χ1v) is 33.8. The molecule has 10 aromatic heterocycles. The lowest BCUT2D eigenvalue weighted by Crippen LogP contribution is -1.83. The van der Waals surface area contributed by atoms with Crippen molar-refractivity contribution in [3.05, 3.63) is 260 Å². The summed E-state index contributed by atoms with van der Waals surface area (Å²) in [6, 6.07) is 37.8. The third-order valence-corrected chi connectivity index (χ3v) is 8.63. The summed E-state index contributed by atoms with van der Waals surface area (Å²) >= 11 is 1.78. The second-order valence-electron chi connectivity index (χ2n) is 14.6. The molecule has 0 spiro atoms. The van der Waals surface area contributed by atoms with Crippen molar-refractivity contribution in [1.29, 1.82) is 0 Å². The summed E-state index contributed by atoms with van der Waals surface area (Å²) in [7, 11) is 9.53. The molecule has 11 aromatic rings. The number of aromatic nitrogens is 14. The molecule has 0 atom stereocenters. The van der Waals surface area contributed by atoms with Crippen LogP contribution in [-0.2, 0) is 35.2 Å². The van der Waals surface area contributed by atoms with Crippen molar-refractivity contribution >= 4 is 11.3 Å². The number of imidazole rings is 1. The zero-order valence-electron chi connectivity index (χ0n) is 64.4. The van der Waals surface area contributed by atoms with Gasteiger partial charge in [-0.05, 0) is 125 Å². The monoisotopic (exact) mass is 1290 g/mol. The summed E-state index contributed by atoms with van der Waals surface area (Å²) in [5, 5.41) is 16.7. The Morgan fingerprint density at radius 2 is 0.859 bits per heavy atom. The van der Waals surface area contributed by atoms with Crippen LogP contribution in [0.3, 0.4) is 0 Å². The molecule has 10 heterocycles. The number of aryl methyl sites for hydroxylation is 11. The Morgan fingerprint density at radius 1 is 0.337 bits per heavy atom. The molecule has 0 amide bonds. The van der Waals surface area contributed by atoms with Crippen LogP contribution in [0.2, 0.25) is 0 Å². The van der Waals surface area contributed by atoms with Crippen molar-refractivity contribution in [2.75, 3.05) is 0 Å². The average Bonchev–Trinajstić information content (AvgIpc) is 4.60. The smallest absolute Gasteiger partial charge is 0.137 e. The highest BCUT2D eigenvalue weighted by Crippen LogP contribution is 2.03. The Labute approximate surface area is 570 Å². The van der Waals surface area contributed by atoms with Gasteiger partial charge in [0, 0.05) is 114 Å². The lowest BCUT2D eigenvalue weighted by molar-refractivity contribution is 0.534. The zero-order chi connectivity index (χ0) is 73.3. The van der Waals surface area contributed by atoms with E-state index in [4.69, 9.17) is 4.42 Å². The van der Waals surface area contributed by atoms with Crippen molar-refractivity contribution in [3.8, 4) is 0 Å². The van der Waals surface area contributed by atoms with E-state index in [1.54, 1.807) is 94.0 Å². The van der Waals surface area contributed by atoms with Crippen molar-refractivity contribution < 1.29 is 4.42 Å². The van der Waals surface area contributed by atoms with E-state index in [0.717, 1.165) is 11.5 Å². The topological polar surface area (TPSA) is 154 Å². The Bertz CT molecular complexity index is 2150. The molecule has 0 bridgehead atoms. The summed E-state index contributed by atoms with van der Waals surface area (Å²) in [4.78, 5) is 20.6. The summed E-state index contributed by atoms with van der Waals surface area (Å²) in [6.45, 7) is 56.1. The van der Waals surface area contributed by atoms with E-state index >= 15 is 0 Å². The van der Waals surface area contributed by atoms with Crippen LogP contribution in [0.25, 0.3) is 0 Å². The predicted octanol–water partition coefficient (Wildman–Crippen LogP) is 22.6. The fourth-order valence-corrected chi connectivity index (χ4v) is 4.72. The second-order valence-corrected chi connectivity index (χ2v) is 15.7. The molecule has 92 heavy (non-hydrogen) atoms. The molecule has 0 unspecified atom stereocenters. The SMILES string of the molecule is CC.CC.CC.CC.CC.CC.CC.CC.CC.CC.CC.Cc1ccccc1.Cc1ccccn1.Cc1cccnc1.Cc1ccco1.Cc1cccs1.Cc1ccncc1.Cn1cccc1.Cn1cccn1.Cn1ccnc1.Cn1cncn1.Cn1cnnc1. The summed E-state index contributed by atoms with van der Waals surface area (Å²) in [5.41, 5.74) is 4.86. The minimum absolute atomic E-state index is 0.968. The lowest BCUT2D eigenvalue weighted by atomic mass is 10.2. The fraction of sp³-hybridized carbons (Fsp3) is 0.434. The number of hydrogen-bond acceptors (Lipinski definition) is 11. The average molecular weight is 1290 g/mol. The van der Waals surface area contributed by atoms with Gasteiger partial charge >= 0.3 is 0 Å². The Kier molecular flexibility index (Phi) is 123. The fourth-order valence-electron chi connectivity index (χ4n) is 4.19. The summed E-state index contributed by atoms with van der Waals surface area (Å²) in [6.07, 6.45) is 30.1. The third-order valence-electron chi connectivity index (χ3n) is 7.83. The summed E-state index contributed by atoms with van der Waals surface area (Å²) in [5.74, 6) is 0.968. The van der Waals surface area contributed by atoms with Crippen LogP contribution in [0.5, 0.6) is 0 Å². The standard InChI is InChI=1S/C7H8.3C6H7N.C5H7N.C5H6O.C5H6S.2C4H6N2.2C3H5N3.11C2H6/c1-7-5-3-2-4-6-7;1-6-2-4-7-5-3-6;1-6-3-2-4-7-5-6;1-6-4-2-3-5-7-6;1-6-4-2-3-5-6;2*1-5-3-2-4-6-5;1-6-3-2-5-4-6;1-6-4-2-3-5-6;1-6-2-4-5-3-6;1-6-3-4-2-5-6;11*1-2/h2-6H,1H3;3*2-5H,1H3;2-5H,1H3;4*2-4H,1H3;2*2-3H,1H3;11*1-2H3. The van der Waals surface area contributed by atoms with Crippen LogP contribution in [-0.4, -0.2) is 68.4 Å². The molecule has 0 saturated carbocycles. The van der Waals surface area contributed by atoms with Crippen LogP contribution in [0.4, 0.5) is 0 Å². The molecule has 0 N–H and O–H groups in total. The number of rotatable bonds is 0.